The Morgan fingerprint density at radius 3 is 2.50 bits per heavy atom. The summed E-state index contributed by atoms with van der Waals surface area (Å²) in [5.41, 5.74) is 1.88. The van der Waals surface area contributed by atoms with Gasteiger partial charge >= 0.3 is 0 Å². The minimum Gasteiger partial charge on any atom is -0.381 e. The fraction of sp³-hybridized carbons (Fsp3) is 0.536. The number of nitrogens with zero attached hydrogens (tertiary/aromatic N) is 2. The number of rotatable bonds is 11. The molecule has 2 aliphatic heterocycles. The van der Waals surface area contributed by atoms with Gasteiger partial charge in [0.15, 0.2) is 9.84 Å². The quantitative estimate of drug-likeness (QED) is 0.304. The van der Waals surface area contributed by atoms with Gasteiger partial charge in [0.1, 0.15) is 0 Å². The zero-order valence-corrected chi connectivity index (χ0v) is 24.7. The van der Waals surface area contributed by atoms with Gasteiger partial charge in [-0.2, -0.15) is 0 Å². The van der Waals surface area contributed by atoms with E-state index in [0.29, 0.717) is 27.2 Å². The summed E-state index contributed by atoms with van der Waals surface area (Å²) in [5, 5.41) is 3.64. The molecule has 1 N–H and O–H groups in total. The molecule has 2 heterocycles. The van der Waals surface area contributed by atoms with Crippen LogP contribution < -0.4 is 5.32 Å². The van der Waals surface area contributed by atoms with Gasteiger partial charge < -0.3 is 15.0 Å². The highest BCUT2D eigenvalue weighted by Crippen LogP contribution is 2.22. The Balaban J connectivity index is 1.57. The summed E-state index contributed by atoms with van der Waals surface area (Å²) in [4.78, 5) is 18.1. The van der Waals surface area contributed by atoms with Crippen LogP contribution in [0, 0.1) is 0 Å². The molecule has 1 aromatic rings. The number of ether oxygens (including phenoxy) is 1. The molecule has 1 amide bonds. The number of halogens is 2. The van der Waals surface area contributed by atoms with E-state index in [1.54, 1.807) is 32.1 Å². The number of hydrogen-bond donors (Lipinski definition) is 1. The van der Waals surface area contributed by atoms with Gasteiger partial charge in [-0.15, -0.1) is 0 Å². The maximum Gasteiger partial charge on any atom is 0.247 e. The number of carbonyl (C=O) groups excluding carboxylic acids is 1. The van der Waals surface area contributed by atoms with Crippen LogP contribution in [0.25, 0.3) is 0 Å². The normalized spacial score (nSPS) is 18.9. The van der Waals surface area contributed by atoms with Crippen LogP contribution in [0.4, 0.5) is 0 Å². The number of allylic oxidation sites excluding steroid dienone is 3. The van der Waals surface area contributed by atoms with Crippen LogP contribution in [0.15, 0.2) is 58.0 Å². The SMILES string of the molecule is C=C(Cl)/C=C(\C=C(/C)C(=O)NCc1cc(Cl)ccc1S(=O)(=O)CC)CCN1CCN(C2CCOCC2)CC1. The number of piperazine rings is 1. The predicted octanol–water partition coefficient (Wildman–Crippen LogP) is 4.56. The fourth-order valence-corrected chi connectivity index (χ4v) is 6.33. The van der Waals surface area contributed by atoms with Crippen molar-refractivity contribution in [2.24, 2.45) is 0 Å². The number of hydrogen-bond acceptors (Lipinski definition) is 6. The molecule has 210 valence electrons. The molecule has 2 aliphatic rings. The Morgan fingerprint density at radius 2 is 1.87 bits per heavy atom. The highest BCUT2D eigenvalue weighted by Gasteiger charge is 2.25. The van der Waals surface area contributed by atoms with E-state index in [0.717, 1.165) is 70.8 Å². The zero-order chi connectivity index (χ0) is 27.7. The first kappa shape index (κ1) is 30.9. The fourth-order valence-electron chi connectivity index (χ4n) is 4.88. The Labute approximate surface area is 237 Å². The average molecular weight is 585 g/mol. The molecule has 1 aromatic carbocycles. The van der Waals surface area contributed by atoms with E-state index < -0.39 is 9.84 Å². The van der Waals surface area contributed by atoms with Crippen LogP contribution >= 0.6 is 23.2 Å². The molecule has 0 atom stereocenters. The van der Waals surface area contributed by atoms with Crippen LogP contribution in [0.2, 0.25) is 5.02 Å². The molecule has 0 unspecified atom stereocenters. The number of carbonyl (C=O) groups is 1. The Hall–Kier alpha value is -1.68. The van der Waals surface area contributed by atoms with Crippen LogP contribution in [-0.2, 0) is 25.9 Å². The summed E-state index contributed by atoms with van der Waals surface area (Å²) in [7, 11) is -3.45. The minimum atomic E-state index is -3.45. The molecule has 38 heavy (non-hydrogen) atoms. The van der Waals surface area contributed by atoms with Crippen molar-refractivity contribution in [1.29, 1.82) is 0 Å². The van der Waals surface area contributed by atoms with E-state index in [1.807, 2.05) is 6.08 Å². The minimum absolute atomic E-state index is 0.0322. The van der Waals surface area contributed by atoms with E-state index in [9.17, 15) is 13.2 Å². The van der Waals surface area contributed by atoms with E-state index >= 15 is 0 Å². The third-order valence-electron chi connectivity index (χ3n) is 7.11. The van der Waals surface area contributed by atoms with Crippen molar-refractivity contribution in [2.75, 3.05) is 51.7 Å². The molecule has 0 spiro atoms. The largest absolute Gasteiger partial charge is 0.381 e. The Bertz CT molecular complexity index is 1150. The molecule has 0 aromatic heterocycles. The maximum absolute atomic E-state index is 12.9. The molecule has 7 nitrogen and oxygen atoms in total. The first-order valence-corrected chi connectivity index (χ1v) is 15.6. The summed E-state index contributed by atoms with van der Waals surface area (Å²) >= 11 is 12.2. The van der Waals surface area contributed by atoms with Gasteiger partial charge in [0.2, 0.25) is 5.91 Å². The van der Waals surface area contributed by atoms with Crippen molar-refractivity contribution >= 4 is 38.9 Å². The lowest BCUT2D eigenvalue weighted by molar-refractivity contribution is -0.117. The molecule has 2 saturated heterocycles. The van der Waals surface area contributed by atoms with Gasteiger partial charge in [0.05, 0.1) is 10.6 Å². The first-order chi connectivity index (χ1) is 18.1. The van der Waals surface area contributed by atoms with Crippen molar-refractivity contribution in [1.82, 2.24) is 15.1 Å². The van der Waals surface area contributed by atoms with Gasteiger partial charge in [-0.3, -0.25) is 9.69 Å². The summed E-state index contributed by atoms with van der Waals surface area (Å²) in [5.74, 6) is -0.323. The third kappa shape index (κ3) is 9.21. The van der Waals surface area contributed by atoms with Crippen molar-refractivity contribution in [3.63, 3.8) is 0 Å². The van der Waals surface area contributed by atoms with Crippen molar-refractivity contribution < 1.29 is 17.9 Å². The second-order valence-corrected chi connectivity index (χ2v) is 13.0. The van der Waals surface area contributed by atoms with E-state index in [1.165, 1.54) is 6.07 Å². The lowest BCUT2D eigenvalue weighted by atomic mass is 10.1. The lowest BCUT2D eigenvalue weighted by Crippen LogP contribution is -2.51. The molecule has 10 heteroatoms. The molecule has 0 aliphatic carbocycles. The highest BCUT2D eigenvalue weighted by molar-refractivity contribution is 7.91. The van der Waals surface area contributed by atoms with Crippen molar-refractivity contribution in [2.45, 2.75) is 50.6 Å². The molecular weight excluding hydrogens is 545 g/mol. The summed E-state index contributed by atoms with van der Waals surface area (Å²) in [6.07, 6.45) is 6.58. The lowest BCUT2D eigenvalue weighted by Gasteiger charge is -2.40. The van der Waals surface area contributed by atoms with Crippen LogP contribution in [0.5, 0.6) is 0 Å². The molecule has 0 radical (unpaired) electrons. The molecule has 0 bridgehead atoms. The van der Waals surface area contributed by atoms with Crippen LogP contribution in [0.1, 0.15) is 38.7 Å². The summed E-state index contributed by atoms with van der Waals surface area (Å²) in [6, 6.07) is 5.24. The van der Waals surface area contributed by atoms with E-state index in [2.05, 4.69) is 21.7 Å². The van der Waals surface area contributed by atoms with Crippen molar-refractivity contribution in [3.8, 4) is 0 Å². The van der Waals surface area contributed by atoms with Crippen LogP contribution in [-0.4, -0.2) is 81.9 Å². The van der Waals surface area contributed by atoms with Gasteiger partial charge in [-0.25, -0.2) is 8.42 Å². The van der Waals surface area contributed by atoms with Crippen LogP contribution in [0.3, 0.4) is 0 Å². The van der Waals surface area contributed by atoms with E-state index in [4.69, 9.17) is 27.9 Å². The topological polar surface area (TPSA) is 79.0 Å². The van der Waals surface area contributed by atoms with Gasteiger partial charge in [0.25, 0.3) is 0 Å². The average Bonchev–Trinajstić information content (AvgIpc) is 2.90. The second-order valence-electron chi connectivity index (χ2n) is 9.80. The van der Waals surface area contributed by atoms with E-state index in [-0.39, 0.29) is 23.1 Å². The molecule has 2 fully saturated rings. The van der Waals surface area contributed by atoms with Gasteiger partial charge in [-0.1, -0.05) is 42.8 Å². The van der Waals surface area contributed by atoms with Gasteiger partial charge in [-0.05, 0) is 61.6 Å². The number of sulfone groups is 1. The third-order valence-corrected chi connectivity index (χ3v) is 9.28. The second kappa shape index (κ2) is 14.6. The van der Waals surface area contributed by atoms with Crippen molar-refractivity contribution in [3.05, 3.63) is 63.7 Å². The predicted molar refractivity (Wildman–Crippen MR) is 154 cm³/mol. The number of nitrogens with one attached hydrogen (secondary N) is 1. The molecule has 3 rings (SSSR count). The molecule has 0 saturated carbocycles. The molecular formula is C28H39Cl2N3O4S. The number of benzene rings is 1. The Kier molecular flexibility index (Phi) is 11.9. The first-order valence-electron chi connectivity index (χ1n) is 13.2. The van der Waals surface area contributed by atoms with Gasteiger partial charge in [0, 0.05) is 74.2 Å². The maximum atomic E-state index is 12.9. The highest BCUT2D eigenvalue weighted by atomic mass is 35.5. The summed E-state index contributed by atoms with van der Waals surface area (Å²) in [6.45, 7) is 13.9. The Morgan fingerprint density at radius 1 is 1.18 bits per heavy atom. The zero-order valence-electron chi connectivity index (χ0n) is 22.3. The monoisotopic (exact) mass is 583 g/mol. The smallest absolute Gasteiger partial charge is 0.247 e. The number of amides is 1. The summed E-state index contributed by atoms with van der Waals surface area (Å²) < 4.78 is 30.4. The standard InChI is InChI=1S/C28H39Cl2N3O4S/c1-4-38(35,36)27-6-5-25(30)19-24(27)20-31-28(34)21(2)17-23(18-22(3)29)7-10-32-11-13-33(14-12-32)26-8-15-37-16-9-26/h5-6,17-19,26H,3-4,7-16,20H2,1-2H3,(H,31,34)/b21-17+,23-18-.